The van der Waals surface area contributed by atoms with Crippen LogP contribution in [0.1, 0.15) is 10.4 Å². The standard InChI is InChI=1S/C17H15ClIN3O4S/c1-22-15(20-12-3-2-9(19)8-11(12)18)13(16(24)21-26-6-5-23)14-10(17(22)25)4-7-27-14/h2-4,7-8,20,23H,5-6H2,1H3,(H,21,24). The van der Waals surface area contributed by atoms with Crippen molar-refractivity contribution in [3.05, 3.63) is 54.2 Å². The first-order valence-electron chi connectivity index (χ1n) is 7.79. The molecule has 0 aliphatic heterocycles. The largest absolute Gasteiger partial charge is 0.394 e. The Morgan fingerprint density at radius 1 is 1.41 bits per heavy atom. The van der Waals surface area contributed by atoms with E-state index in [1.54, 1.807) is 30.6 Å². The van der Waals surface area contributed by atoms with Crippen LogP contribution in [-0.4, -0.2) is 28.8 Å². The molecular weight excluding hydrogens is 505 g/mol. The van der Waals surface area contributed by atoms with E-state index in [1.807, 2.05) is 6.07 Å². The second-order valence-electron chi connectivity index (χ2n) is 5.50. The van der Waals surface area contributed by atoms with Crippen molar-refractivity contribution in [3.63, 3.8) is 0 Å². The first-order chi connectivity index (χ1) is 12.9. The van der Waals surface area contributed by atoms with Gasteiger partial charge in [0.25, 0.3) is 11.5 Å². The zero-order chi connectivity index (χ0) is 19.6. The molecular formula is C17H15ClIN3O4S. The summed E-state index contributed by atoms with van der Waals surface area (Å²) in [5, 5.41) is 14.6. The van der Waals surface area contributed by atoms with Crippen LogP contribution in [0.2, 0.25) is 5.02 Å². The van der Waals surface area contributed by atoms with Crippen LogP contribution >= 0.6 is 45.5 Å². The second kappa shape index (κ2) is 8.57. The molecule has 1 amide bonds. The number of hydrogen-bond acceptors (Lipinski definition) is 6. The van der Waals surface area contributed by atoms with E-state index in [4.69, 9.17) is 21.5 Å². The Balaban J connectivity index is 2.14. The van der Waals surface area contributed by atoms with Crippen LogP contribution in [0.25, 0.3) is 10.1 Å². The lowest BCUT2D eigenvalue weighted by Crippen LogP contribution is -2.29. The number of aromatic nitrogens is 1. The number of hydrogen-bond donors (Lipinski definition) is 3. The third-order valence-corrected chi connectivity index (χ3v) is 5.68. The Hall–Kier alpha value is -1.66. The van der Waals surface area contributed by atoms with Gasteiger partial charge >= 0.3 is 0 Å². The number of nitrogens with one attached hydrogen (secondary N) is 2. The number of carbonyl (C=O) groups is 1. The molecule has 7 nitrogen and oxygen atoms in total. The van der Waals surface area contributed by atoms with Crippen molar-refractivity contribution in [2.24, 2.45) is 7.05 Å². The number of aliphatic hydroxyl groups is 1. The van der Waals surface area contributed by atoms with Gasteiger partial charge in [0.05, 0.1) is 34.0 Å². The fraction of sp³-hybridized carbons (Fsp3) is 0.176. The van der Waals surface area contributed by atoms with Crippen LogP contribution in [-0.2, 0) is 11.9 Å². The molecule has 0 bridgehead atoms. The number of pyridine rings is 1. The number of nitrogens with zero attached hydrogens (tertiary/aromatic N) is 1. The molecule has 2 heterocycles. The van der Waals surface area contributed by atoms with Gasteiger partial charge in [0.15, 0.2) is 0 Å². The zero-order valence-electron chi connectivity index (χ0n) is 14.1. The van der Waals surface area contributed by atoms with E-state index in [9.17, 15) is 9.59 Å². The molecule has 0 aliphatic rings. The fourth-order valence-electron chi connectivity index (χ4n) is 2.52. The van der Waals surface area contributed by atoms with Crippen molar-refractivity contribution in [1.82, 2.24) is 10.0 Å². The Morgan fingerprint density at radius 2 is 2.19 bits per heavy atom. The van der Waals surface area contributed by atoms with E-state index in [0.717, 1.165) is 3.57 Å². The van der Waals surface area contributed by atoms with Crippen molar-refractivity contribution in [3.8, 4) is 0 Å². The summed E-state index contributed by atoms with van der Waals surface area (Å²) in [6, 6.07) is 7.09. The summed E-state index contributed by atoms with van der Waals surface area (Å²) < 4.78 is 2.86. The molecule has 0 atom stereocenters. The molecule has 1 aromatic carbocycles. The number of carbonyl (C=O) groups excluding carboxylic acids is 1. The van der Waals surface area contributed by atoms with Gasteiger partial charge in [0.2, 0.25) is 0 Å². The van der Waals surface area contributed by atoms with Crippen molar-refractivity contribution in [2.75, 3.05) is 18.5 Å². The highest BCUT2D eigenvalue weighted by atomic mass is 127. The predicted molar refractivity (Wildman–Crippen MR) is 115 cm³/mol. The number of fused-ring (bicyclic) bond motifs is 1. The quantitative estimate of drug-likeness (QED) is 0.264. The van der Waals surface area contributed by atoms with Crippen LogP contribution in [0.3, 0.4) is 0 Å². The molecule has 0 unspecified atom stereocenters. The minimum Gasteiger partial charge on any atom is -0.394 e. The van der Waals surface area contributed by atoms with E-state index >= 15 is 0 Å². The highest BCUT2D eigenvalue weighted by molar-refractivity contribution is 14.1. The first-order valence-corrected chi connectivity index (χ1v) is 10.1. The highest BCUT2D eigenvalue weighted by Crippen LogP contribution is 2.32. The normalized spacial score (nSPS) is 11.0. The van der Waals surface area contributed by atoms with Gasteiger partial charge in [-0.25, -0.2) is 5.48 Å². The molecule has 0 saturated heterocycles. The molecule has 0 aliphatic carbocycles. The molecule has 0 fully saturated rings. The molecule has 27 heavy (non-hydrogen) atoms. The van der Waals surface area contributed by atoms with Crippen LogP contribution < -0.4 is 16.4 Å². The van der Waals surface area contributed by atoms with Gasteiger partial charge in [-0.1, -0.05) is 11.6 Å². The van der Waals surface area contributed by atoms with Gasteiger partial charge in [-0.3, -0.25) is 19.0 Å². The van der Waals surface area contributed by atoms with E-state index < -0.39 is 5.91 Å². The van der Waals surface area contributed by atoms with Gasteiger partial charge in [-0.2, -0.15) is 0 Å². The maximum absolute atomic E-state index is 12.7. The monoisotopic (exact) mass is 519 g/mol. The molecule has 3 N–H and O–H groups in total. The number of halogens is 2. The lowest BCUT2D eigenvalue weighted by atomic mass is 10.2. The average Bonchev–Trinajstić information content (AvgIpc) is 3.11. The van der Waals surface area contributed by atoms with Crippen LogP contribution in [0, 0.1) is 3.57 Å². The van der Waals surface area contributed by atoms with Gasteiger partial charge < -0.3 is 10.4 Å². The maximum atomic E-state index is 12.7. The Bertz CT molecular complexity index is 1070. The number of benzene rings is 1. The molecule has 3 rings (SSSR count). The van der Waals surface area contributed by atoms with E-state index in [1.165, 1.54) is 15.9 Å². The Kier molecular flexibility index (Phi) is 6.37. The lowest BCUT2D eigenvalue weighted by Gasteiger charge is -2.17. The number of anilines is 2. The Labute approximate surface area is 177 Å². The molecule has 142 valence electrons. The first kappa shape index (κ1) is 20.1. The molecule has 0 spiro atoms. The van der Waals surface area contributed by atoms with E-state index in [-0.39, 0.29) is 24.3 Å². The minimum atomic E-state index is -0.532. The lowest BCUT2D eigenvalue weighted by molar-refractivity contribution is 0.0170. The minimum absolute atomic E-state index is 0.0448. The third kappa shape index (κ3) is 4.11. The molecule has 3 aromatic rings. The van der Waals surface area contributed by atoms with Crippen molar-refractivity contribution in [1.29, 1.82) is 0 Å². The molecule has 10 heteroatoms. The van der Waals surface area contributed by atoms with E-state index in [2.05, 4.69) is 33.4 Å². The van der Waals surface area contributed by atoms with Gasteiger partial charge in [0.1, 0.15) is 11.4 Å². The summed E-state index contributed by atoms with van der Waals surface area (Å²) in [6.45, 7) is -0.276. The third-order valence-electron chi connectivity index (χ3n) is 3.77. The van der Waals surface area contributed by atoms with E-state index in [0.29, 0.717) is 26.6 Å². The van der Waals surface area contributed by atoms with Crippen molar-refractivity contribution < 1.29 is 14.7 Å². The van der Waals surface area contributed by atoms with Crippen LogP contribution in [0.4, 0.5) is 11.5 Å². The number of hydroxylamine groups is 1. The van der Waals surface area contributed by atoms with Gasteiger partial charge in [0, 0.05) is 10.6 Å². The van der Waals surface area contributed by atoms with Crippen LogP contribution in [0.15, 0.2) is 34.4 Å². The second-order valence-corrected chi connectivity index (χ2v) is 8.07. The number of rotatable bonds is 6. The average molecular weight is 520 g/mol. The summed E-state index contributed by atoms with van der Waals surface area (Å²) in [4.78, 5) is 30.4. The van der Waals surface area contributed by atoms with Crippen LogP contribution in [0.5, 0.6) is 0 Å². The topological polar surface area (TPSA) is 92.6 Å². The molecule has 2 aromatic heterocycles. The summed E-state index contributed by atoms with van der Waals surface area (Å²) in [7, 11) is 1.58. The maximum Gasteiger partial charge on any atom is 0.280 e. The molecule has 0 saturated carbocycles. The zero-order valence-corrected chi connectivity index (χ0v) is 17.8. The predicted octanol–water partition coefficient (Wildman–Crippen LogP) is 3.26. The van der Waals surface area contributed by atoms with Crippen molar-refractivity contribution in [2.45, 2.75) is 0 Å². The summed E-state index contributed by atoms with van der Waals surface area (Å²) >= 11 is 9.73. The summed E-state index contributed by atoms with van der Waals surface area (Å²) in [5.41, 5.74) is 2.89. The number of aliphatic hydroxyl groups excluding tert-OH is 1. The Morgan fingerprint density at radius 3 is 2.89 bits per heavy atom. The summed E-state index contributed by atoms with van der Waals surface area (Å²) in [6.07, 6.45) is 0. The van der Waals surface area contributed by atoms with Crippen molar-refractivity contribution >= 4 is 73.0 Å². The molecule has 0 radical (unpaired) electrons. The fourth-order valence-corrected chi connectivity index (χ4v) is 4.35. The smallest absolute Gasteiger partial charge is 0.280 e. The van der Waals surface area contributed by atoms with Gasteiger partial charge in [-0.15, -0.1) is 11.3 Å². The summed E-state index contributed by atoms with van der Waals surface area (Å²) in [5.74, 6) is -0.237. The highest BCUT2D eigenvalue weighted by Gasteiger charge is 2.22. The van der Waals surface area contributed by atoms with Gasteiger partial charge in [-0.05, 0) is 52.2 Å². The number of amides is 1. The SMILES string of the molecule is Cn1c(Nc2ccc(I)cc2Cl)c(C(=O)NOCCO)c2sccc2c1=O. The number of thiophene rings is 1.